The van der Waals surface area contributed by atoms with Crippen LogP contribution in [0.2, 0.25) is 0 Å². The van der Waals surface area contributed by atoms with Crippen molar-refractivity contribution in [3.8, 4) is 0 Å². The standard InChI is InChI=1S/C15H14F5N3O5/c1-21(12(24)25)10-4-23(13(26)28-10)7-2-8(16)11(9(17)3-7)22-5-14(27,6-22)15(18,19)20/h2-3,10,27H,4-6H2,1H3,(H,24,25)/t10-/m0/s1. The van der Waals surface area contributed by atoms with Gasteiger partial charge in [0.1, 0.15) is 5.69 Å². The minimum Gasteiger partial charge on any atom is -0.465 e. The molecule has 0 aromatic heterocycles. The number of benzene rings is 1. The molecule has 0 radical (unpaired) electrons. The maximum atomic E-state index is 14.4. The molecule has 8 nitrogen and oxygen atoms in total. The molecule has 2 saturated heterocycles. The van der Waals surface area contributed by atoms with E-state index in [2.05, 4.69) is 0 Å². The number of nitrogens with zero attached hydrogens (tertiary/aromatic N) is 3. The van der Waals surface area contributed by atoms with E-state index in [4.69, 9.17) is 9.84 Å². The molecule has 1 aromatic carbocycles. The number of carbonyl (C=O) groups is 2. The largest absolute Gasteiger partial charge is 0.465 e. The Kier molecular flexibility index (Phi) is 4.52. The molecular weight excluding hydrogens is 397 g/mol. The molecule has 2 heterocycles. The number of carbonyl (C=O) groups excluding carboxylic acids is 1. The van der Waals surface area contributed by atoms with E-state index in [-0.39, 0.29) is 12.2 Å². The van der Waals surface area contributed by atoms with Crippen LogP contribution in [0.15, 0.2) is 12.1 Å². The van der Waals surface area contributed by atoms with Gasteiger partial charge in [0.05, 0.1) is 25.3 Å². The number of carboxylic acid groups (broad SMARTS) is 1. The number of hydrogen-bond donors (Lipinski definition) is 2. The summed E-state index contributed by atoms with van der Waals surface area (Å²) in [6, 6.07) is 1.43. The Bertz CT molecular complexity index is 804. The van der Waals surface area contributed by atoms with Crippen LogP contribution in [0, 0.1) is 11.6 Å². The molecule has 2 fully saturated rings. The number of rotatable bonds is 3. The number of amides is 2. The van der Waals surface area contributed by atoms with Gasteiger partial charge < -0.3 is 19.8 Å². The number of aliphatic hydroxyl groups is 1. The van der Waals surface area contributed by atoms with Gasteiger partial charge in [0, 0.05) is 19.2 Å². The molecule has 0 unspecified atom stereocenters. The average Bonchev–Trinajstić information content (AvgIpc) is 2.92. The van der Waals surface area contributed by atoms with Gasteiger partial charge in [-0.1, -0.05) is 0 Å². The smallest absolute Gasteiger partial charge is 0.420 e. The van der Waals surface area contributed by atoms with Crippen LogP contribution in [0.25, 0.3) is 0 Å². The lowest BCUT2D eigenvalue weighted by atomic mass is 9.92. The van der Waals surface area contributed by atoms with Crippen LogP contribution >= 0.6 is 0 Å². The summed E-state index contributed by atoms with van der Waals surface area (Å²) in [7, 11) is 1.14. The van der Waals surface area contributed by atoms with Gasteiger partial charge in [0.2, 0.25) is 0 Å². The maximum Gasteiger partial charge on any atom is 0.420 e. The molecule has 13 heteroatoms. The minimum atomic E-state index is -4.94. The molecule has 0 spiro atoms. The summed E-state index contributed by atoms with van der Waals surface area (Å²) in [6.07, 6.45) is -8.57. The fourth-order valence-electron chi connectivity index (χ4n) is 2.92. The molecule has 1 aromatic rings. The van der Waals surface area contributed by atoms with E-state index in [1.807, 2.05) is 0 Å². The molecule has 154 valence electrons. The second kappa shape index (κ2) is 6.36. The monoisotopic (exact) mass is 411 g/mol. The summed E-state index contributed by atoms with van der Waals surface area (Å²) in [4.78, 5) is 25.0. The second-order valence-corrected chi connectivity index (χ2v) is 6.49. The van der Waals surface area contributed by atoms with Gasteiger partial charge in [-0.05, 0) is 0 Å². The topological polar surface area (TPSA) is 93.6 Å². The van der Waals surface area contributed by atoms with E-state index >= 15 is 0 Å². The number of cyclic esters (lactones) is 1. The van der Waals surface area contributed by atoms with Crippen molar-refractivity contribution in [2.45, 2.75) is 18.0 Å². The summed E-state index contributed by atoms with van der Waals surface area (Å²) < 4.78 is 71.6. The van der Waals surface area contributed by atoms with Crippen molar-refractivity contribution in [3.63, 3.8) is 0 Å². The number of anilines is 2. The van der Waals surface area contributed by atoms with Crippen LogP contribution in [0.5, 0.6) is 0 Å². The third-order valence-corrected chi connectivity index (χ3v) is 4.59. The highest BCUT2D eigenvalue weighted by molar-refractivity contribution is 5.90. The van der Waals surface area contributed by atoms with Crippen LogP contribution in [0.3, 0.4) is 0 Å². The zero-order valence-corrected chi connectivity index (χ0v) is 14.2. The van der Waals surface area contributed by atoms with Crippen molar-refractivity contribution in [2.75, 3.05) is 36.5 Å². The predicted octanol–water partition coefficient (Wildman–Crippen LogP) is 1.97. The maximum absolute atomic E-state index is 14.4. The third-order valence-electron chi connectivity index (χ3n) is 4.59. The predicted molar refractivity (Wildman–Crippen MR) is 83.0 cm³/mol. The van der Waals surface area contributed by atoms with Crippen molar-refractivity contribution in [2.24, 2.45) is 0 Å². The fourth-order valence-corrected chi connectivity index (χ4v) is 2.92. The van der Waals surface area contributed by atoms with Gasteiger partial charge >= 0.3 is 18.4 Å². The quantitative estimate of drug-likeness (QED) is 0.739. The lowest BCUT2D eigenvalue weighted by Crippen LogP contribution is -2.69. The van der Waals surface area contributed by atoms with Crippen molar-refractivity contribution < 1.29 is 46.5 Å². The summed E-state index contributed by atoms with van der Waals surface area (Å²) in [6.45, 7) is -2.42. The molecule has 0 bridgehead atoms. The lowest BCUT2D eigenvalue weighted by Gasteiger charge is -2.48. The Morgan fingerprint density at radius 2 is 1.82 bits per heavy atom. The van der Waals surface area contributed by atoms with E-state index in [9.17, 15) is 36.6 Å². The third kappa shape index (κ3) is 3.15. The second-order valence-electron chi connectivity index (χ2n) is 6.49. The molecule has 2 amide bonds. The molecule has 2 aliphatic rings. The summed E-state index contributed by atoms with van der Waals surface area (Å²) >= 11 is 0. The number of likely N-dealkylation sites (N-methyl/N-ethyl adjacent to an activating group) is 1. The molecule has 0 aliphatic carbocycles. The van der Waals surface area contributed by atoms with Crippen LogP contribution in [0.1, 0.15) is 0 Å². The number of hydrogen-bond acceptors (Lipinski definition) is 5. The number of alkyl halides is 3. The minimum absolute atomic E-state index is 0.295. The first-order valence-corrected chi connectivity index (χ1v) is 7.81. The number of β-amino-alcohol motifs (C(OH)–C–C–N with tert-alkyl or cyclic N) is 1. The summed E-state index contributed by atoms with van der Waals surface area (Å²) in [5.41, 5.74) is -4.13. The Labute approximate surface area is 154 Å². The average molecular weight is 411 g/mol. The first-order valence-electron chi connectivity index (χ1n) is 7.81. The lowest BCUT2D eigenvalue weighted by molar-refractivity contribution is -0.267. The Morgan fingerprint density at radius 1 is 1.29 bits per heavy atom. The zero-order valence-electron chi connectivity index (χ0n) is 14.2. The van der Waals surface area contributed by atoms with Gasteiger partial charge in [-0.2, -0.15) is 13.2 Å². The van der Waals surface area contributed by atoms with Gasteiger partial charge in [-0.3, -0.25) is 9.80 Å². The molecular formula is C15H14F5N3O5. The summed E-state index contributed by atoms with van der Waals surface area (Å²) in [5.74, 6) is -2.50. The van der Waals surface area contributed by atoms with Crippen LogP contribution in [0.4, 0.5) is 42.9 Å². The van der Waals surface area contributed by atoms with Crippen molar-refractivity contribution in [1.82, 2.24) is 4.90 Å². The zero-order chi connectivity index (χ0) is 21.0. The molecule has 28 heavy (non-hydrogen) atoms. The van der Waals surface area contributed by atoms with Gasteiger partial charge in [-0.15, -0.1) is 0 Å². The molecule has 0 saturated carbocycles. The highest BCUT2D eigenvalue weighted by atomic mass is 19.4. The normalized spacial score (nSPS) is 21.4. The van der Waals surface area contributed by atoms with E-state index < -0.39 is 60.6 Å². The molecule has 3 rings (SSSR count). The summed E-state index contributed by atoms with van der Waals surface area (Å²) in [5, 5.41) is 18.3. The molecule has 2 N–H and O–H groups in total. The Hall–Kier alpha value is -2.83. The van der Waals surface area contributed by atoms with Crippen LogP contribution < -0.4 is 9.80 Å². The van der Waals surface area contributed by atoms with Gasteiger partial charge in [-0.25, -0.2) is 18.4 Å². The highest BCUT2D eigenvalue weighted by Gasteiger charge is 2.61. The van der Waals surface area contributed by atoms with E-state index in [1.165, 1.54) is 0 Å². The van der Waals surface area contributed by atoms with E-state index in [0.717, 1.165) is 11.9 Å². The number of halogens is 5. The fraction of sp³-hybridized carbons (Fsp3) is 0.467. The van der Waals surface area contributed by atoms with Crippen molar-refractivity contribution >= 4 is 23.6 Å². The molecule has 1 atom stereocenters. The van der Waals surface area contributed by atoms with Crippen molar-refractivity contribution in [1.29, 1.82) is 0 Å². The van der Waals surface area contributed by atoms with Crippen molar-refractivity contribution in [3.05, 3.63) is 23.8 Å². The first-order chi connectivity index (χ1) is 12.8. The Balaban J connectivity index is 1.80. The highest BCUT2D eigenvalue weighted by Crippen LogP contribution is 2.42. The van der Waals surface area contributed by atoms with E-state index in [0.29, 0.717) is 21.9 Å². The van der Waals surface area contributed by atoms with Gasteiger partial charge in [0.25, 0.3) is 0 Å². The van der Waals surface area contributed by atoms with Crippen LogP contribution in [-0.2, 0) is 4.74 Å². The first kappa shape index (κ1) is 19.9. The van der Waals surface area contributed by atoms with Gasteiger partial charge in [0.15, 0.2) is 23.5 Å². The molecule has 2 aliphatic heterocycles. The Morgan fingerprint density at radius 3 is 2.29 bits per heavy atom. The SMILES string of the molecule is CN(C(=O)O)[C@@H]1CN(c2cc(F)c(N3CC(O)(C(F)(F)F)C3)c(F)c2)C(=O)O1. The van der Waals surface area contributed by atoms with E-state index in [1.54, 1.807) is 0 Å². The van der Waals surface area contributed by atoms with Crippen LogP contribution in [-0.4, -0.2) is 72.0 Å². The number of ether oxygens (including phenoxy) is 1.